The summed E-state index contributed by atoms with van der Waals surface area (Å²) in [6, 6.07) is -0.597. The van der Waals surface area contributed by atoms with Crippen molar-refractivity contribution in [1.82, 2.24) is 4.90 Å². The second-order valence-corrected chi connectivity index (χ2v) is 3.42. The van der Waals surface area contributed by atoms with Gasteiger partial charge in [-0.2, -0.15) is 0 Å². The van der Waals surface area contributed by atoms with Crippen LogP contribution in [0.5, 0.6) is 0 Å². The summed E-state index contributed by atoms with van der Waals surface area (Å²) in [5.41, 5.74) is 0. The number of carbonyl (C=O) groups is 2. The average Bonchev–Trinajstić information content (AvgIpc) is 2.27. The lowest BCUT2D eigenvalue weighted by Gasteiger charge is -2.25. The quantitative estimate of drug-likeness (QED) is 0.659. The Kier molecular flexibility index (Phi) is 3.28. The summed E-state index contributed by atoms with van der Waals surface area (Å²) in [7, 11) is 0. The van der Waals surface area contributed by atoms with E-state index in [1.165, 1.54) is 11.8 Å². The number of nitrogens with zero attached hydrogens (tertiary/aromatic N) is 1. The molecule has 0 radical (unpaired) electrons. The van der Waals surface area contributed by atoms with Gasteiger partial charge in [0.05, 0.1) is 0 Å². The van der Waals surface area contributed by atoms with Gasteiger partial charge in [0.2, 0.25) is 5.91 Å². The Bertz CT molecular complexity index is 193. The van der Waals surface area contributed by atoms with Crippen molar-refractivity contribution >= 4 is 11.9 Å². The van der Waals surface area contributed by atoms with Crippen molar-refractivity contribution in [3.63, 3.8) is 0 Å². The SMILES string of the molecule is CC(=O)N1CCCCC[C@@H]1C(=O)O. The number of carbonyl (C=O) groups excluding carboxylic acids is 1. The zero-order valence-electron chi connectivity index (χ0n) is 7.82. The third-order valence-corrected chi connectivity index (χ3v) is 2.44. The maximum atomic E-state index is 11.1. The molecule has 1 fully saturated rings. The Morgan fingerprint density at radius 3 is 2.54 bits per heavy atom. The Morgan fingerprint density at radius 2 is 2.00 bits per heavy atom. The standard InChI is InChI=1S/C9H15NO3/c1-7(11)10-6-4-2-3-5-8(10)9(12)13/h8H,2-6H2,1H3,(H,12,13)/t8-/m1/s1. The molecule has 1 heterocycles. The molecule has 1 aliphatic rings. The van der Waals surface area contributed by atoms with Crippen LogP contribution < -0.4 is 0 Å². The van der Waals surface area contributed by atoms with E-state index in [1.54, 1.807) is 0 Å². The molecule has 0 aromatic carbocycles. The molecule has 0 unspecified atom stereocenters. The predicted octanol–water partition coefficient (Wildman–Crippen LogP) is 0.862. The Morgan fingerprint density at radius 1 is 1.31 bits per heavy atom. The van der Waals surface area contributed by atoms with Crippen LogP contribution in [0.15, 0.2) is 0 Å². The van der Waals surface area contributed by atoms with Crippen LogP contribution in [-0.2, 0) is 9.59 Å². The lowest BCUT2D eigenvalue weighted by atomic mass is 10.1. The van der Waals surface area contributed by atoms with Gasteiger partial charge in [0.1, 0.15) is 6.04 Å². The maximum Gasteiger partial charge on any atom is 0.326 e. The number of aliphatic carboxylic acids is 1. The molecular weight excluding hydrogens is 170 g/mol. The van der Waals surface area contributed by atoms with E-state index in [0.717, 1.165) is 19.3 Å². The molecule has 1 saturated heterocycles. The van der Waals surface area contributed by atoms with Gasteiger partial charge in [0.15, 0.2) is 0 Å². The minimum Gasteiger partial charge on any atom is -0.480 e. The van der Waals surface area contributed by atoms with E-state index in [1.807, 2.05) is 0 Å². The zero-order chi connectivity index (χ0) is 9.84. The topological polar surface area (TPSA) is 57.6 Å². The fraction of sp³-hybridized carbons (Fsp3) is 0.778. The summed E-state index contributed by atoms with van der Waals surface area (Å²) in [5, 5.41) is 8.89. The zero-order valence-corrected chi connectivity index (χ0v) is 7.82. The smallest absolute Gasteiger partial charge is 0.326 e. The highest BCUT2D eigenvalue weighted by atomic mass is 16.4. The lowest BCUT2D eigenvalue weighted by molar-refractivity contribution is -0.149. The number of likely N-dealkylation sites (tertiary alicyclic amines) is 1. The summed E-state index contributed by atoms with van der Waals surface area (Å²) < 4.78 is 0. The van der Waals surface area contributed by atoms with Crippen molar-refractivity contribution < 1.29 is 14.7 Å². The second-order valence-electron chi connectivity index (χ2n) is 3.42. The van der Waals surface area contributed by atoms with Crippen molar-refractivity contribution in [2.45, 2.75) is 38.6 Å². The number of carboxylic acids is 1. The van der Waals surface area contributed by atoms with Crippen LogP contribution in [0.3, 0.4) is 0 Å². The van der Waals surface area contributed by atoms with Gasteiger partial charge in [0.25, 0.3) is 0 Å². The van der Waals surface area contributed by atoms with Gasteiger partial charge in [-0.3, -0.25) is 4.79 Å². The number of rotatable bonds is 1. The van der Waals surface area contributed by atoms with Crippen LogP contribution in [0.4, 0.5) is 0 Å². The van der Waals surface area contributed by atoms with E-state index in [0.29, 0.717) is 13.0 Å². The van der Waals surface area contributed by atoms with Gasteiger partial charge in [-0.25, -0.2) is 4.79 Å². The van der Waals surface area contributed by atoms with Crippen molar-refractivity contribution in [2.24, 2.45) is 0 Å². The van der Waals surface area contributed by atoms with Crippen LogP contribution >= 0.6 is 0 Å². The molecule has 1 aliphatic heterocycles. The van der Waals surface area contributed by atoms with Gasteiger partial charge in [-0.15, -0.1) is 0 Å². The summed E-state index contributed by atoms with van der Waals surface area (Å²) in [5.74, 6) is -1.01. The van der Waals surface area contributed by atoms with Crippen molar-refractivity contribution in [3.05, 3.63) is 0 Å². The molecule has 1 N–H and O–H groups in total. The summed E-state index contributed by atoms with van der Waals surface area (Å²) in [4.78, 5) is 23.4. The first-order valence-electron chi connectivity index (χ1n) is 4.63. The van der Waals surface area contributed by atoms with E-state index in [9.17, 15) is 9.59 Å². The highest BCUT2D eigenvalue weighted by Crippen LogP contribution is 2.16. The molecule has 4 nitrogen and oxygen atoms in total. The van der Waals surface area contributed by atoms with Gasteiger partial charge in [0, 0.05) is 13.5 Å². The molecule has 0 aliphatic carbocycles. The first-order valence-corrected chi connectivity index (χ1v) is 4.63. The lowest BCUT2D eigenvalue weighted by Crippen LogP contribution is -2.43. The molecule has 74 valence electrons. The minimum atomic E-state index is -0.878. The van der Waals surface area contributed by atoms with Crippen LogP contribution in [-0.4, -0.2) is 34.5 Å². The molecule has 0 spiro atoms. The van der Waals surface area contributed by atoms with Crippen LogP contribution in [0, 0.1) is 0 Å². The summed E-state index contributed by atoms with van der Waals surface area (Å²) in [6.07, 6.45) is 3.44. The predicted molar refractivity (Wildman–Crippen MR) is 47.3 cm³/mol. The van der Waals surface area contributed by atoms with E-state index in [2.05, 4.69) is 0 Å². The molecule has 1 rings (SSSR count). The minimum absolute atomic E-state index is 0.130. The second kappa shape index (κ2) is 4.25. The monoisotopic (exact) mass is 185 g/mol. The largest absolute Gasteiger partial charge is 0.480 e. The fourth-order valence-electron chi connectivity index (χ4n) is 1.74. The number of carboxylic acid groups (broad SMARTS) is 1. The van der Waals surface area contributed by atoms with E-state index in [4.69, 9.17) is 5.11 Å². The molecule has 4 heteroatoms. The maximum absolute atomic E-state index is 11.1. The highest BCUT2D eigenvalue weighted by Gasteiger charge is 2.28. The third kappa shape index (κ3) is 2.44. The fourth-order valence-corrected chi connectivity index (χ4v) is 1.74. The molecule has 1 atom stereocenters. The number of amides is 1. The molecular formula is C9H15NO3. The first-order chi connectivity index (χ1) is 6.13. The van der Waals surface area contributed by atoms with E-state index in [-0.39, 0.29) is 5.91 Å². The third-order valence-electron chi connectivity index (χ3n) is 2.44. The van der Waals surface area contributed by atoms with E-state index < -0.39 is 12.0 Å². The van der Waals surface area contributed by atoms with Crippen molar-refractivity contribution in [3.8, 4) is 0 Å². The number of hydrogen-bond acceptors (Lipinski definition) is 2. The van der Waals surface area contributed by atoms with Crippen molar-refractivity contribution in [1.29, 1.82) is 0 Å². The first kappa shape index (κ1) is 10.0. The van der Waals surface area contributed by atoms with Gasteiger partial charge in [-0.05, 0) is 12.8 Å². The van der Waals surface area contributed by atoms with Crippen molar-refractivity contribution in [2.75, 3.05) is 6.54 Å². The Labute approximate surface area is 77.5 Å². The van der Waals surface area contributed by atoms with Gasteiger partial charge < -0.3 is 10.0 Å². The molecule has 1 amide bonds. The highest BCUT2D eigenvalue weighted by molar-refractivity contribution is 5.82. The Balaban J connectivity index is 2.72. The molecule has 13 heavy (non-hydrogen) atoms. The average molecular weight is 185 g/mol. The normalized spacial score (nSPS) is 23.8. The van der Waals surface area contributed by atoms with Gasteiger partial charge in [-0.1, -0.05) is 12.8 Å². The number of hydrogen-bond donors (Lipinski definition) is 1. The summed E-state index contributed by atoms with van der Waals surface area (Å²) in [6.45, 7) is 2.02. The van der Waals surface area contributed by atoms with Crippen LogP contribution in [0.25, 0.3) is 0 Å². The van der Waals surface area contributed by atoms with Gasteiger partial charge >= 0.3 is 5.97 Å². The molecule has 0 saturated carbocycles. The van der Waals surface area contributed by atoms with Crippen LogP contribution in [0.2, 0.25) is 0 Å². The summed E-state index contributed by atoms with van der Waals surface area (Å²) >= 11 is 0. The Hall–Kier alpha value is -1.06. The van der Waals surface area contributed by atoms with Crippen LogP contribution in [0.1, 0.15) is 32.6 Å². The molecule has 0 aromatic rings. The molecule has 0 aromatic heterocycles. The molecule has 0 bridgehead atoms. The van der Waals surface area contributed by atoms with E-state index >= 15 is 0 Å².